The predicted octanol–water partition coefficient (Wildman–Crippen LogP) is 0.512. The summed E-state index contributed by atoms with van der Waals surface area (Å²) in [6.07, 6.45) is 0. The van der Waals surface area contributed by atoms with Gasteiger partial charge in [-0.15, -0.1) is 0 Å². The topological polar surface area (TPSA) is 78.4 Å². The van der Waals surface area contributed by atoms with Gasteiger partial charge in [-0.05, 0) is 26.0 Å². The van der Waals surface area contributed by atoms with Gasteiger partial charge < -0.3 is 15.7 Å². The van der Waals surface area contributed by atoms with Crippen molar-refractivity contribution in [3.63, 3.8) is 0 Å². The van der Waals surface area contributed by atoms with Gasteiger partial charge in [0.05, 0.1) is 5.60 Å². The number of nitrogens with one attached hydrogen (secondary N) is 2. The zero-order valence-electron chi connectivity index (χ0n) is 9.86. The summed E-state index contributed by atoms with van der Waals surface area (Å²) in [5.41, 5.74) is -0.487. The highest BCUT2D eigenvalue weighted by Crippen LogP contribution is 2.04. The van der Waals surface area contributed by atoms with E-state index in [2.05, 4.69) is 10.6 Å². The minimum absolute atomic E-state index is 0.0219. The predicted molar refractivity (Wildman–Crippen MR) is 64.4 cm³/mol. The van der Waals surface area contributed by atoms with E-state index in [1.807, 2.05) is 6.07 Å². The number of benzene rings is 1. The standard InChI is InChI=1S/C12H16N2O3/c1-12(2,17)8-13-10(15)11(16)14-9-6-4-3-5-7-9/h3-7,17H,8H2,1-2H3,(H,13,15)(H,14,16). The number of para-hydroxylation sites is 1. The molecule has 0 aliphatic heterocycles. The Bertz CT molecular complexity index is 396. The first-order valence-corrected chi connectivity index (χ1v) is 5.25. The molecule has 92 valence electrons. The molecule has 1 rings (SSSR count). The summed E-state index contributed by atoms with van der Waals surface area (Å²) in [7, 11) is 0. The van der Waals surface area contributed by atoms with Crippen LogP contribution in [-0.2, 0) is 9.59 Å². The highest BCUT2D eigenvalue weighted by Gasteiger charge is 2.18. The van der Waals surface area contributed by atoms with Crippen LogP contribution in [0.5, 0.6) is 0 Å². The molecule has 0 aliphatic rings. The molecule has 0 atom stereocenters. The van der Waals surface area contributed by atoms with E-state index in [-0.39, 0.29) is 6.54 Å². The van der Waals surface area contributed by atoms with Crippen LogP contribution in [0.3, 0.4) is 0 Å². The Labute approximate surface area is 99.8 Å². The molecule has 0 fully saturated rings. The van der Waals surface area contributed by atoms with Gasteiger partial charge in [-0.1, -0.05) is 18.2 Å². The molecule has 0 aliphatic carbocycles. The maximum absolute atomic E-state index is 11.4. The van der Waals surface area contributed by atoms with Crippen LogP contribution < -0.4 is 10.6 Å². The number of anilines is 1. The van der Waals surface area contributed by atoms with Crippen molar-refractivity contribution < 1.29 is 14.7 Å². The zero-order valence-corrected chi connectivity index (χ0v) is 9.86. The Morgan fingerprint density at radius 3 is 2.29 bits per heavy atom. The lowest BCUT2D eigenvalue weighted by molar-refractivity contribution is -0.136. The van der Waals surface area contributed by atoms with Gasteiger partial charge in [0, 0.05) is 12.2 Å². The molecule has 0 bridgehead atoms. The first-order valence-electron chi connectivity index (χ1n) is 5.25. The minimum Gasteiger partial charge on any atom is -0.389 e. The molecule has 3 N–H and O–H groups in total. The van der Waals surface area contributed by atoms with Gasteiger partial charge >= 0.3 is 11.8 Å². The van der Waals surface area contributed by atoms with E-state index >= 15 is 0 Å². The van der Waals surface area contributed by atoms with Gasteiger partial charge in [-0.2, -0.15) is 0 Å². The van der Waals surface area contributed by atoms with Crippen LogP contribution >= 0.6 is 0 Å². The molecule has 0 radical (unpaired) electrons. The van der Waals surface area contributed by atoms with E-state index in [1.165, 1.54) is 0 Å². The Morgan fingerprint density at radius 1 is 1.18 bits per heavy atom. The highest BCUT2D eigenvalue weighted by molar-refractivity contribution is 6.39. The van der Waals surface area contributed by atoms with Gasteiger partial charge in [-0.25, -0.2) is 0 Å². The summed E-state index contributed by atoms with van der Waals surface area (Å²) in [4.78, 5) is 22.8. The van der Waals surface area contributed by atoms with Crippen molar-refractivity contribution >= 4 is 17.5 Å². The Morgan fingerprint density at radius 2 is 1.76 bits per heavy atom. The van der Waals surface area contributed by atoms with Crippen molar-refractivity contribution in [2.75, 3.05) is 11.9 Å². The molecule has 5 nitrogen and oxygen atoms in total. The summed E-state index contributed by atoms with van der Waals surface area (Å²) in [5, 5.41) is 14.2. The average Bonchev–Trinajstić information content (AvgIpc) is 2.26. The van der Waals surface area contributed by atoms with Gasteiger partial charge in [0.2, 0.25) is 0 Å². The molecule has 17 heavy (non-hydrogen) atoms. The van der Waals surface area contributed by atoms with Crippen LogP contribution in [0.25, 0.3) is 0 Å². The van der Waals surface area contributed by atoms with Gasteiger partial charge in [0.1, 0.15) is 0 Å². The fourth-order valence-electron chi connectivity index (χ4n) is 1.09. The zero-order chi connectivity index (χ0) is 12.9. The second-order valence-corrected chi connectivity index (χ2v) is 4.32. The van der Waals surface area contributed by atoms with Crippen molar-refractivity contribution in [3.05, 3.63) is 30.3 Å². The summed E-state index contributed by atoms with van der Waals surface area (Å²) in [6, 6.07) is 8.68. The number of hydrogen-bond acceptors (Lipinski definition) is 3. The van der Waals surface area contributed by atoms with E-state index in [1.54, 1.807) is 38.1 Å². The number of carbonyl (C=O) groups excluding carboxylic acids is 2. The summed E-state index contributed by atoms with van der Waals surface area (Å²) in [6.45, 7) is 3.11. The molecule has 1 aromatic rings. The maximum atomic E-state index is 11.4. The molecular formula is C12H16N2O3. The lowest BCUT2D eigenvalue weighted by Gasteiger charge is -2.17. The van der Waals surface area contributed by atoms with Crippen molar-refractivity contribution in [1.29, 1.82) is 0 Å². The molecular weight excluding hydrogens is 220 g/mol. The molecule has 0 heterocycles. The molecule has 5 heteroatoms. The van der Waals surface area contributed by atoms with Crippen LogP contribution in [0.2, 0.25) is 0 Å². The van der Waals surface area contributed by atoms with Gasteiger partial charge in [0.25, 0.3) is 0 Å². The third kappa shape index (κ3) is 5.12. The fraction of sp³-hybridized carbons (Fsp3) is 0.333. The van der Waals surface area contributed by atoms with Crippen molar-refractivity contribution in [3.8, 4) is 0 Å². The minimum atomic E-state index is -1.04. The first kappa shape index (κ1) is 13.2. The molecule has 0 unspecified atom stereocenters. The lowest BCUT2D eigenvalue weighted by Crippen LogP contribution is -2.43. The quantitative estimate of drug-likeness (QED) is 0.669. The van der Waals surface area contributed by atoms with Crippen molar-refractivity contribution in [1.82, 2.24) is 5.32 Å². The van der Waals surface area contributed by atoms with Gasteiger partial charge in [0.15, 0.2) is 0 Å². The van der Waals surface area contributed by atoms with Crippen molar-refractivity contribution in [2.45, 2.75) is 19.4 Å². The largest absolute Gasteiger partial charge is 0.389 e. The fourth-order valence-corrected chi connectivity index (χ4v) is 1.09. The molecule has 2 amide bonds. The normalized spacial score (nSPS) is 10.8. The van der Waals surface area contributed by atoms with E-state index in [0.717, 1.165) is 0 Å². The number of hydrogen-bond donors (Lipinski definition) is 3. The third-order valence-electron chi connectivity index (χ3n) is 1.92. The number of rotatable bonds is 3. The van der Waals surface area contributed by atoms with Crippen LogP contribution in [0.15, 0.2) is 30.3 Å². The van der Waals surface area contributed by atoms with Gasteiger partial charge in [-0.3, -0.25) is 9.59 Å². The smallest absolute Gasteiger partial charge is 0.313 e. The SMILES string of the molecule is CC(C)(O)CNC(=O)C(=O)Nc1ccccc1. The highest BCUT2D eigenvalue weighted by atomic mass is 16.3. The molecule has 1 aromatic carbocycles. The lowest BCUT2D eigenvalue weighted by atomic mass is 10.1. The van der Waals surface area contributed by atoms with Crippen LogP contribution in [0.4, 0.5) is 5.69 Å². The second kappa shape index (κ2) is 5.45. The van der Waals surface area contributed by atoms with E-state index in [4.69, 9.17) is 0 Å². The number of aliphatic hydroxyl groups is 1. The van der Waals surface area contributed by atoms with Crippen LogP contribution in [-0.4, -0.2) is 29.1 Å². The molecule has 0 spiro atoms. The molecule has 0 saturated heterocycles. The first-order chi connectivity index (χ1) is 7.88. The molecule has 0 aromatic heterocycles. The monoisotopic (exact) mass is 236 g/mol. The number of carbonyl (C=O) groups is 2. The summed E-state index contributed by atoms with van der Waals surface area (Å²) in [5.74, 6) is -1.52. The average molecular weight is 236 g/mol. The van der Waals surface area contributed by atoms with E-state index < -0.39 is 17.4 Å². The second-order valence-electron chi connectivity index (χ2n) is 4.32. The molecule has 0 saturated carbocycles. The summed E-state index contributed by atoms with van der Waals surface area (Å²) < 4.78 is 0. The third-order valence-corrected chi connectivity index (χ3v) is 1.92. The maximum Gasteiger partial charge on any atom is 0.313 e. The number of amides is 2. The van der Waals surface area contributed by atoms with E-state index in [0.29, 0.717) is 5.69 Å². The Hall–Kier alpha value is -1.88. The Kier molecular flexibility index (Phi) is 4.23. The van der Waals surface area contributed by atoms with E-state index in [9.17, 15) is 14.7 Å². The van der Waals surface area contributed by atoms with Crippen LogP contribution in [0.1, 0.15) is 13.8 Å². The van der Waals surface area contributed by atoms with Crippen molar-refractivity contribution in [2.24, 2.45) is 0 Å². The Balaban J connectivity index is 2.46. The summed E-state index contributed by atoms with van der Waals surface area (Å²) >= 11 is 0. The van der Waals surface area contributed by atoms with Crippen LogP contribution in [0, 0.1) is 0 Å².